The summed E-state index contributed by atoms with van der Waals surface area (Å²) in [7, 11) is 0. The minimum atomic E-state index is -0.868. The standard InChI is InChI=1S/C15H24N2O2/c1-5-15(4,19)10-17-13(18)14(2,3)11-6-8-12(16)9-7-11/h6-9,19H,5,10,16H2,1-4H3,(H,17,18). The van der Waals surface area contributed by atoms with Gasteiger partial charge in [0.15, 0.2) is 0 Å². The van der Waals surface area contributed by atoms with Crippen LogP contribution in [0.3, 0.4) is 0 Å². The van der Waals surface area contributed by atoms with E-state index >= 15 is 0 Å². The van der Waals surface area contributed by atoms with Gasteiger partial charge in [-0.05, 0) is 44.9 Å². The van der Waals surface area contributed by atoms with E-state index in [0.29, 0.717) is 12.1 Å². The molecule has 1 rings (SSSR count). The lowest BCUT2D eigenvalue weighted by Crippen LogP contribution is -2.46. The van der Waals surface area contributed by atoms with Gasteiger partial charge >= 0.3 is 0 Å². The van der Waals surface area contributed by atoms with Crippen LogP contribution in [-0.2, 0) is 10.2 Å². The molecule has 0 aliphatic carbocycles. The van der Waals surface area contributed by atoms with E-state index < -0.39 is 11.0 Å². The highest BCUT2D eigenvalue weighted by atomic mass is 16.3. The third kappa shape index (κ3) is 3.96. The van der Waals surface area contributed by atoms with Crippen LogP contribution >= 0.6 is 0 Å². The Labute approximate surface area is 115 Å². The maximum Gasteiger partial charge on any atom is 0.230 e. The quantitative estimate of drug-likeness (QED) is 0.710. The lowest BCUT2D eigenvalue weighted by molar-refractivity contribution is -0.126. The van der Waals surface area contributed by atoms with Crippen LogP contribution in [0.1, 0.15) is 39.7 Å². The summed E-state index contributed by atoms with van der Waals surface area (Å²) in [6.45, 7) is 7.56. The van der Waals surface area contributed by atoms with Gasteiger partial charge in [0, 0.05) is 12.2 Å². The molecule has 1 aromatic rings. The fourth-order valence-corrected chi connectivity index (χ4v) is 1.65. The first-order chi connectivity index (χ1) is 8.69. The number of nitrogens with one attached hydrogen (secondary N) is 1. The van der Waals surface area contributed by atoms with Gasteiger partial charge in [0.2, 0.25) is 5.91 Å². The molecule has 0 radical (unpaired) electrons. The SMILES string of the molecule is CCC(C)(O)CNC(=O)C(C)(C)c1ccc(N)cc1. The highest BCUT2D eigenvalue weighted by molar-refractivity contribution is 5.87. The van der Waals surface area contributed by atoms with Gasteiger partial charge in [0.1, 0.15) is 0 Å². The number of aliphatic hydroxyl groups is 1. The Morgan fingerprint density at radius 1 is 1.26 bits per heavy atom. The first-order valence-electron chi connectivity index (χ1n) is 6.56. The second-order valence-corrected chi connectivity index (χ2v) is 5.78. The van der Waals surface area contributed by atoms with Crippen molar-refractivity contribution >= 4 is 11.6 Å². The van der Waals surface area contributed by atoms with Gasteiger partial charge in [-0.3, -0.25) is 4.79 Å². The van der Waals surface area contributed by atoms with Crippen LogP contribution in [0, 0.1) is 0 Å². The van der Waals surface area contributed by atoms with Crippen molar-refractivity contribution in [2.45, 2.75) is 45.1 Å². The van der Waals surface area contributed by atoms with Crippen molar-refractivity contribution in [3.05, 3.63) is 29.8 Å². The van der Waals surface area contributed by atoms with E-state index in [9.17, 15) is 9.90 Å². The average molecular weight is 264 g/mol. The fourth-order valence-electron chi connectivity index (χ4n) is 1.65. The second-order valence-electron chi connectivity index (χ2n) is 5.78. The molecule has 4 nitrogen and oxygen atoms in total. The number of amides is 1. The van der Waals surface area contributed by atoms with Crippen LogP contribution in [0.25, 0.3) is 0 Å². The molecule has 0 saturated carbocycles. The van der Waals surface area contributed by atoms with Crippen molar-refractivity contribution in [1.82, 2.24) is 5.32 Å². The van der Waals surface area contributed by atoms with E-state index in [-0.39, 0.29) is 12.5 Å². The fraction of sp³-hybridized carbons (Fsp3) is 0.533. The van der Waals surface area contributed by atoms with E-state index in [4.69, 9.17) is 5.73 Å². The maximum atomic E-state index is 12.3. The van der Waals surface area contributed by atoms with E-state index in [1.807, 2.05) is 32.9 Å². The Bertz CT molecular complexity index is 436. The predicted molar refractivity (Wildman–Crippen MR) is 77.8 cm³/mol. The van der Waals surface area contributed by atoms with E-state index in [2.05, 4.69) is 5.32 Å². The largest absolute Gasteiger partial charge is 0.399 e. The summed E-state index contributed by atoms with van der Waals surface area (Å²) < 4.78 is 0. The molecule has 1 unspecified atom stereocenters. The number of carbonyl (C=O) groups excluding carboxylic acids is 1. The van der Waals surface area contributed by atoms with Crippen LogP contribution in [0.2, 0.25) is 0 Å². The van der Waals surface area contributed by atoms with Crippen molar-refractivity contribution in [3.63, 3.8) is 0 Å². The molecule has 0 bridgehead atoms. The highest BCUT2D eigenvalue weighted by Gasteiger charge is 2.31. The molecule has 0 fully saturated rings. The molecular weight excluding hydrogens is 240 g/mol. The summed E-state index contributed by atoms with van der Waals surface area (Å²) in [5.41, 5.74) is 5.70. The Balaban J connectivity index is 2.77. The highest BCUT2D eigenvalue weighted by Crippen LogP contribution is 2.24. The number of benzene rings is 1. The number of hydrogen-bond acceptors (Lipinski definition) is 3. The summed E-state index contributed by atoms with van der Waals surface area (Å²) in [5, 5.41) is 12.7. The van der Waals surface area contributed by atoms with Crippen LogP contribution in [0.15, 0.2) is 24.3 Å². The van der Waals surface area contributed by atoms with Crippen LogP contribution in [-0.4, -0.2) is 23.2 Å². The monoisotopic (exact) mass is 264 g/mol. The maximum absolute atomic E-state index is 12.3. The Hall–Kier alpha value is -1.55. The van der Waals surface area contributed by atoms with Crippen molar-refractivity contribution in [2.75, 3.05) is 12.3 Å². The first kappa shape index (κ1) is 15.5. The summed E-state index contributed by atoms with van der Waals surface area (Å²) in [5.74, 6) is -0.106. The molecule has 0 spiro atoms. The summed E-state index contributed by atoms with van der Waals surface area (Å²) in [4.78, 5) is 12.3. The molecular formula is C15H24N2O2. The zero-order valence-corrected chi connectivity index (χ0v) is 12.2. The van der Waals surface area contributed by atoms with Gasteiger partial charge in [-0.25, -0.2) is 0 Å². The van der Waals surface area contributed by atoms with Crippen molar-refractivity contribution < 1.29 is 9.90 Å². The zero-order valence-electron chi connectivity index (χ0n) is 12.2. The van der Waals surface area contributed by atoms with Crippen LogP contribution < -0.4 is 11.1 Å². The second kappa shape index (κ2) is 5.61. The molecule has 0 aliphatic heterocycles. The number of nitrogen functional groups attached to an aromatic ring is 1. The molecule has 0 aromatic heterocycles. The molecule has 1 atom stereocenters. The molecule has 4 heteroatoms. The topological polar surface area (TPSA) is 75.3 Å². The van der Waals surface area contributed by atoms with E-state index in [1.54, 1.807) is 19.1 Å². The Morgan fingerprint density at radius 2 is 1.79 bits per heavy atom. The number of rotatable bonds is 5. The number of hydrogen-bond donors (Lipinski definition) is 3. The third-order valence-corrected chi connectivity index (χ3v) is 3.59. The average Bonchev–Trinajstić information content (AvgIpc) is 2.36. The molecule has 0 saturated heterocycles. The third-order valence-electron chi connectivity index (χ3n) is 3.59. The predicted octanol–water partition coefficient (Wildman–Crippen LogP) is 1.82. The minimum absolute atomic E-state index is 0.106. The minimum Gasteiger partial charge on any atom is -0.399 e. The summed E-state index contributed by atoms with van der Waals surface area (Å²) >= 11 is 0. The van der Waals surface area contributed by atoms with Gasteiger partial charge in [-0.1, -0.05) is 19.1 Å². The zero-order chi connectivity index (χ0) is 14.7. The number of carbonyl (C=O) groups is 1. The number of nitrogens with two attached hydrogens (primary N) is 1. The van der Waals surface area contributed by atoms with Crippen LogP contribution in [0.5, 0.6) is 0 Å². The van der Waals surface area contributed by atoms with Crippen molar-refractivity contribution in [1.29, 1.82) is 0 Å². The Kier molecular flexibility index (Phi) is 4.58. The van der Waals surface area contributed by atoms with Gasteiger partial charge < -0.3 is 16.2 Å². The van der Waals surface area contributed by atoms with Gasteiger partial charge in [0.25, 0.3) is 0 Å². The molecule has 4 N–H and O–H groups in total. The molecule has 1 aromatic carbocycles. The molecule has 1 amide bonds. The van der Waals surface area contributed by atoms with Gasteiger partial charge in [-0.15, -0.1) is 0 Å². The first-order valence-corrected chi connectivity index (χ1v) is 6.56. The molecule has 19 heavy (non-hydrogen) atoms. The van der Waals surface area contributed by atoms with Gasteiger partial charge in [0.05, 0.1) is 11.0 Å². The van der Waals surface area contributed by atoms with Gasteiger partial charge in [-0.2, -0.15) is 0 Å². The van der Waals surface area contributed by atoms with E-state index in [1.165, 1.54) is 0 Å². The van der Waals surface area contributed by atoms with Crippen molar-refractivity contribution in [2.24, 2.45) is 0 Å². The smallest absolute Gasteiger partial charge is 0.230 e. The lowest BCUT2D eigenvalue weighted by atomic mass is 9.83. The van der Waals surface area contributed by atoms with E-state index in [0.717, 1.165) is 5.56 Å². The molecule has 106 valence electrons. The molecule has 0 aliphatic rings. The van der Waals surface area contributed by atoms with Crippen LogP contribution in [0.4, 0.5) is 5.69 Å². The Morgan fingerprint density at radius 3 is 2.26 bits per heavy atom. The van der Waals surface area contributed by atoms with Crippen molar-refractivity contribution in [3.8, 4) is 0 Å². The number of anilines is 1. The summed E-state index contributed by atoms with van der Waals surface area (Å²) in [6.07, 6.45) is 0.593. The summed E-state index contributed by atoms with van der Waals surface area (Å²) in [6, 6.07) is 7.28. The lowest BCUT2D eigenvalue weighted by Gasteiger charge is -2.28. The normalized spacial score (nSPS) is 14.8. The molecule has 0 heterocycles.